The average Bonchev–Trinajstić information content (AvgIpc) is 2.39. The second-order valence-electron chi connectivity index (χ2n) is 5.90. The van der Waals surface area contributed by atoms with E-state index in [4.69, 9.17) is 5.73 Å². The largest absolute Gasteiger partial charge is 0.355 e. The number of nitrogens with zero attached hydrogens (tertiary/aromatic N) is 1. The standard InChI is InChI=1S/C14H29N3OS/c1-12(2)4-7-16-13(18)10-17-8-5-14(11-15,19-3)6-9-17/h12H,4-11,15H2,1-3H3,(H,16,18). The summed E-state index contributed by atoms with van der Waals surface area (Å²) < 4.78 is 0.241. The van der Waals surface area contributed by atoms with Gasteiger partial charge in [-0.15, -0.1) is 0 Å². The van der Waals surface area contributed by atoms with Crippen LogP contribution in [0.4, 0.5) is 0 Å². The zero-order chi connectivity index (χ0) is 14.3. The number of hydrogen-bond donors (Lipinski definition) is 2. The number of carbonyl (C=O) groups is 1. The fraction of sp³-hybridized carbons (Fsp3) is 0.929. The van der Waals surface area contributed by atoms with Gasteiger partial charge in [0, 0.05) is 30.9 Å². The molecule has 0 atom stereocenters. The Balaban J connectivity index is 2.23. The molecule has 1 heterocycles. The van der Waals surface area contributed by atoms with Gasteiger partial charge >= 0.3 is 0 Å². The van der Waals surface area contributed by atoms with Crippen LogP contribution in [0.2, 0.25) is 0 Å². The predicted molar refractivity (Wildman–Crippen MR) is 83.4 cm³/mol. The van der Waals surface area contributed by atoms with E-state index in [9.17, 15) is 4.79 Å². The number of carbonyl (C=O) groups excluding carboxylic acids is 1. The third kappa shape index (κ3) is 5.71. The Morgan fingerprint density at radius 3 is 2.53 bits per heavy atom. The van der Waals surface area contributed by atoms with E-state index in [0.717, 1.165) is 45.4 Å². The summed E-state index contributed by atoms with van der Waals surface area (Å²) in [6.07, 6.45) is 5.36. The van der Waals surface area contributed by atoms with Crippen molar-refractivity contribution in [1.82, 2.24) is 10.2 Å². The van der Waals surface area contributed by atoms with Crippen LogP contribution >= 0.6 is 11.8 Å². The molecule has 0 saturated carbocycles. The summed E-state index contributed by atoms with van der Waals surface area (Å²) >= 11 is 1.88. The first-order valence-corrected chi connectivity index (χ1v) is 8.48. The van der Waals surface area contributed by atoms with Gasteiger partial charge in [-0.3, -0.25) is 9.69 Å². The molecule has 1 saturated heterocycles. The number of nitrogens with two attached hydrogens (primary N) is 1. The van der Waals surface area contributed by atoms with Crippen LogP contribution in [0.15, 0.2) is 0 Å². The van der Waals surface area contributed by atoms with Gasteiger partial charge in [-0.1, -0.05) is 13.8 Å². The Kier molecular flexibility index (Phi) is 7.18. The van der Waals surface area contributed by atoms with Gasteiger partial charge < -0.3 is 11.1 Å². The minimum Gasteiger partial charge on any atom is -0.355 e. The first kappa shape index (κ1) is 16.8. The van der Waals surface area contributed by atoms with E-state index in [1.807, 2.05) is 11.8 Å². The molecule has 0 bridgehead atoms. The molecule has 5 heteroatoms. The number of nitrogens with one attached hydrogen (secondary N) is 1. The normalized spacial score (nSPS) is 19.6. The summed E-state index contributed by atoms with van der Waals surface area (Å²) in [5, 5.41) is 3.00. The van der Waals surface area contributed by atoms with Crippen molar-refractivity contribution >= 4 is 17.7 Å². The number of hydrogen-bond acceptors (Lipinski definition) is 4. The van der Waals surface area contributed by atoms with Crippen LogP contribution in [-0.4, -0.2) is 54.5 Å². The maximum Gasteiger partial charge on any atom is 0.234 e. The molecule has 4 nitrogen and oxygen atoms in total. The molecule has 1 rings (SSSR count). The van der Waals surface area contributed by atoms with Gasteiger partial charge in [0.2, 0.25) is 5.91 Å². The molecule has 0 spiro atoms. The van der Waals surface area contributed by atoms with Crippen LogP contribution in [-0.2, 0) is 4.79 Å². The van der Waals surface area contributed by atoms with Gasteiger partial charge in [0.15, 0.2) is 0 Å². The highest BCUT2D eigenvalue weighted by molar-refractivity contribution is 8.00. The third-order valence-electron chi connectivity index (χ3n) is 3.98. The summed E-state index contributed by atoms with van der Waals surface area (Å²) in [5.74, 6) is 0.798. The van der Waals surface area contributed by atoms with E-state index in [1.165, 1.54) is 0 Å². The van der Waals surface area contributed by atoms with Gasteiger partial charge in [0.05, 0.1) is 6.54 Å². The Labute approximate surface area is 121 Å². The number of piperidine rings is 1. The minimum atomic E-state index is 0.157. The van der Waals surface area contributed by atoms with Gasteiger partial charge in [-0.05, 0) is 31.4 Å². The van der Waals surface area contributed by atoms with Crippen molar-refractivity contribution in [3.05, 3.63) is 0 Å². The lowest BCUT2D eigenvalue weighted by molar-refractivity contribution is -0.122. The van der Waals surface area contributed by atoms with Gasteiger partial charge in [0.25, 0.3) is 0 Å². The molecule has 0 radical (unpaired) electrons. The van der Waals surface area contributed by atoms with E-state index in [1.54, 1.807) is 0 Å². The number of rotatable bonds is 7. The van der Waals surface area contributed by atoms with Gasteiger partial charge in [-0.25, -0.2) is 0 Å². The smallest absolute Gasteiger partial charge is 0.234 e. The average molecular weight is 287 g/mol. The second-order valence-corrected chi connectivity index (χ2v) is 7.17. The first-order valence-electron chi connectivity index (χ1n) is 7.25. The van der Waals surface area contributed by atoms with E-state index in [2.05, 4.69) is 30.3 Å². The van der Waals surface area contributed by atoms with Crippen molar-refractivity contribution in [3.8, 4) is 0 Å². The Bertz CT molecular complexity index is 270. The number of amides is 1. The van der Waals surface area contributed by atoms with Crippen LogP contribution in [0.1, 0.15) is 33.1 Å². The number of thioether (sulfide) groups is 1. The van der Waals surface area contributed by atoms with Crippen LogP contribution in [0, 0.1) is 5.92 Å². The molecule has 1 fully saturated rings. The van der Waals surface area contributed by atoms with E-state index in [0.29, 0.717) is 12.5 Å². The second kappa shape index (κ2) is 8.12. The molecule has 0 aromatic heterocycles. The minimum absolute atomic E-state index is 0.157. The molecule has 0 aliphatic carbocycles. The van der Waals surface area contributed by atoms with Crippen LogP contribution < -0.4 is 11.1 Å². The van der Waals surface area contributed by atoms with Crippen LogP contribution in [0.3, 0.4) is 0 Å². The monoisotopic (exact) mass is 287 g/mol. The van der Waals surface area contributed by atoms with Gasteiger partial charge in [-0.2, -0.15) is 11.8 Å². The Morgan fingerprint density at radius 2 is 2.05 bits per heavy atom. The molecular weight excluding hydrogens is 258 g/mol. The molecule has 19 heavy (non-hydrogen) atoms. The topological polar surface area (TPSA) is 58.4 Å². The molecule has 1 amide bonds. The molecule has 1 aliphatic rings. The molecule has 0 aromatic carbocycles. The summed E-state index contributed by atoms with van der Waals surface area (Å²) in [5.41, 5.74) is 5.87. The lowest BCUT2D eigenvalue weighted by Crippen LogP contribution is -2.49. The van der Waals surface area contributed by atoms with Crippen molar-refractivity contribution < 1.29 is 4.79 Å². The van der Waals surface area contributed by atoms with Crippen molar-refractivity contribution in [3.63, 3.8) is 0 Å². The van der Waals surface area contributed by atoms with Crippen molar-refractivity contribution in [2.24, 2.45) is 11.7 Å². The quantitative estimate of drug-likeness (QED) is 0.741. The molecule has 112 valence electrons. The third-order valence-corrected chi connectivity index (χ3v) is 5.42. The highest BCUT2D eigenvalue weighted by Crippen LogP contribution is 2.33. The van der Waals surface area contributed by atoms with E-state index < -0.39 is 0 Å². The fourth-order valence-electron chi connectivity index (χ4n) is 2.37. The van der Waals surface area contributed by atoms with Crippen LogP contribution in [0.25, 0.3) is 0 Å². The summed E-state index contributed by atoms with van der Waals surface area (Å²) in [7, 11) is 0. The van der Waals surface area contributed by atoms with Crippen molar-refractivity contribution in [1.29, 1.82) is 0 Å². The number of likely N-dealkylation sites (tertiary alicyclic amines) is 1. The molecule has 0 unspecified atom stereocenters. The molecule has 1 aliphatic heterocycles. The Hall–Kier alpha value is -0.260. The molecule has 3 N–H and O–H groups in total. The predicted octanol–water partition coefficient (Wildman–Crippen LogP) is 1.31. The Morgan fingerprint density at radius 1 is 1.42 bits per heavy atom. The van der Waals surface area contributed by atoms with Gasteiger partial charge in [0.1, 0.15) is 0 Å². The molecular formula is C14H29N3OS. The van der Waals surface area contributed by atoms with E-state index >= 15 is 0 Å². The zero-order valence-electron chi connectivity index (χ0n) is 12.6. The van der Waals surface area contributed by atoms with E-state index in [-0.39, 0.29) is 10.7 Å². The fourth-order valence-corrected chi connectivity index (χ4v) is 3.13. The highest BCUT2D eigenvalue weighted by atomic mass is 32.2. The van der Waals surface area contributed by atoms with Crippen LogP contribution in [0.5, 0.6) is 0 Å². The summed E-state index contributed by atoms with van der Waals surface area (Å²) in [6.45, 7) is 8.38. The summed E-state index contributed by atoms with van der Waals surface area (Å²) in [4.78, 5) is 14.1. The zero-order valence-corrected chi connectivity index (χ0v) is 13.4. The SMILES string of the molecule is CSC1(CN)CCN(CC(=O)NCCC(C)C)CC1. The van der Waals surface area contributed by atoms with Crippen molar-refractivity contribution in [2.75, 3.05) is 39.0 Å². The summed E-state index contributed by atoms with van der Waals surface area (Å²) in [6, 6.07) is 0. The van der Waals surface area contributed by atoms with Crippen molar-refractivity contribution in [2.45, 2.75) is 37.9 Å². The first-order chi connectivity index (χ1) is 9.01. The molecule has 0 aromatic rings. The maximum absolute atomic E-state index is 11.8. The highest BCUT2D eigenvalue weighted by Gasteiger charge is 2.32. The lowest BCUT2D eigenvalue weighted by Gasteiger charge is -2.39. The maximum atomic E-state index is 11.8. The lowest BCUT2D eigenvalue weighted by atomic mass is 9.96.